The molecule has 0 unspecified atom stereocenters. The lowest BCUT2D eigenvalue weighted by Crippen LogP contribution is -2.27. The zero-order valence-corrected chi connectivity index (χ0v) is 23.2. The Hall–Kier alpha value is -4.95. The molecule has 5 rings (SSSR count). The largest absolute Gasteiger partial charge is 0.573 e. The van der Waals surface area contributed by atoms with Gasteiger partial charge in [0.25, 0.3) is 0 Å². The van der Waals surface area contributed by atoms with Gasteiger partial charge >= 0.3 is 18.6 Å². The quantitative estimate of drug-likeness (QED) is 0.197. The van der Waals surface area contributed by atoms with Crippen molar-refractivity contribution in [3.05, 3.63) is 77.7 Å². The fraction of sp³-hybridized carbons (Fsp3) is 0.241. The minimum Gasteiger partial charge on any atom is -0.506 e. The summed E-state index contributed by atoms with van der Waals surface area (Å²) in [4.78, 5) is 14.5. The Kier molecular flexibility index (Phi) is 7.38. The number of ether oxygens (including phenoxy) is 1. The predicted molar refractivity (Wildman–Crippen MR) is 148 cm³/mol. The van der Waals surface area contributed by atoms with E-state index in [1.165, 1.54) is 19.2 Å². The van der Waals surface area contributed by atoms with Gasteiger partial charge < -0.3 is 25.4 Å². The molecule has 1 aromatic heterocycles. The highest BCUT2D eigenvalue weighted by molar-refractivity contribution is 6.03. The highest BCUT2D eigenvalue weighted by atomic mass is 19.4. The number of aryl methyl sites for hydroxylation is 1. The zero-order valence-electron chi connectivity index (χ0n) is 23.2. The van der Waals surface area contributed by atoms with Crippen molar-refractivity contribution >= 4 is 28.8 Å². The van der Waals surface area contributed by atoms with Crippen LogP contribution in [-0.2, 0) is 18.6 Å². The molecule has 0 bridgehead atoms. The molecule has 0 spiro atoms. The van der Waals surface area contributed by atoms with Gasteiger partial charge in [0, 0.05) is 36.3 Å². The van der Waals surface area contributed by atoms with E-state index >= 15 is 4.39 Å². The van der Waals surface area contributed by atoms with Crippen molar-refractivity contribution in [2.45, 2.75) is 31.8 Å². The maximum Gasteiger partial charge on any atom is 0.573 e. The molecule has 0 saturated heterocycles. The van der Waals surface area contributed by atoms with Gasteiger partial charge in [-0.05, 0) is 48.0 Å². The molecule has 232 valence electrons. The third-order valence-electron chi connectivity index (χ3n) is 6.95. The summed E-state index contributed by atoms with van der Waals surface area (Å²) >= 11 is 0. The van der Waals surface area contributed by atoms with E-state index in [-0.39, 0.29) is 40.4 Å². The van der Waals surface area contributed by atoms with Crippen LogP contribution in [-0.4, -0.2) is 33.8 Å². The number of hydrogen-bond acceptors (Lipinski definition) is 5. The lowest BCUT2D eigenvalue weighted by Gasteiger charge is -2.25. The molecule has 0 fully saturated rings. The third-order valence-corrected chi connectivity index (χ3v) is 6.95. The Labute approximate surface area is 245 Å². The molecular weight excluding hydrogens is 599 g/mol. The van der Waals surface area contributed by atoms with Gasteiger partial charge in [-0.1, -0.05) is 26.0 Å². The minimum atomic E-state index is -4.87. The van der Waals surface area contributed by atoms with Crippen LogP contribution in [0.5, 0.6) is 11.5 Å². The van der Waals surface area contributed by atoms with Crippen LogP contribution < -0.4 is 20.3 Å². The molecule has 3 aromatic carbocycles. The number of phenolic OH excluding ortho intramolecular Hbond substituents is 1. The second-order valence-corrected chi connectivity index (χ2v) is 10.7. The SMILES string of the molecule is Cn1nc(C(F)(F)F)cc1-c1c(F)cc(O)c2c1C(C)(C)CN2c1ccccc1NC(=O)Nc1ccc(OC(F)(F)F)cc1. The summed E-state index contributed by atoms with van der Waals surface area (Å²) < 4.78 is 97.8. The number of nitrogens with one attached hydrogen (secondary N) is 2. The molecule has 15 heteroatoms. The first kappa shape index (κ1) is 30.5. The van der Waals surface area contributed by atoms with Gasteiger partial charge in [0.1, 0.15) is 17.3 Å². The number of phenols is 1. The number of aromatic hydroxyl groups is 1. The number of para-hydroxylation sites is 2. The molecule has 3 N–H and O–H groups in total. The van der Waals surface area contributed by atoms with Crippen molar-refractivity contribution in [2.24, 2.45) is 7.05 Å². The second kappa shape index (κ2) is 10.6. The summed E-state index contributed by atoms with van der Waals surface area (Å²) in [6.07, 6.45) is -9.64. The van der Waals surface area contributed by atoms with E-state index in [0.717, 1.165) is 28.9 Å². The predicted octanol–water partition coefficient (Wildman–Crippen LogP) is 7.92. The van der Waals surface area contributed by atoms with E-state index in [2.05, 4.69) is 20.5 Å². The van der Waals surface area contributed by atoms with E-state index in [9.17, 15) is 36.2 Å². The molecule has 0 aliphatic carbocycles. The van der Waals surface area contributed by atoms with Crippen LogP contribution in [0.2, 0.25) is 0 Å². The van der Waals surface area contributed by atoms with Gasteiger partial charge in [0.05, 0.1) is 22.8 Å². The Bertz CT molecular complexity index is 1730. The molecule has 44 heavy (non-hydrogen) atoms. The number of nitrogens with zero attached hydrogens (tertiary/aromatic N) is 3. The number of alkyl halides is 6. The lowest BCUT2D eigenvalue weighted by atomic mass is 9.82. The average molecular weight is 624 g/mol. The number of carbonyl (C=O) groups excluding carboxylic acids is 1. The van der Waals surface area contributed by atoms with E-state index in [0.29, 0.717) is 5.69 Å². The normalized spacial score (nSPS) is 14.4. The number of carbonyl (C=O) groups is 1. The molecule has 8 nitrogen and oxygen atoms in total. The third kappa shape index (κ3) is 5.94. The Morgan fingerprint density at radius 1 is 1.00 bits per heavy atom. The number of anilines is 4. The number of amides is 2. The standard InChI is InChI=1S/C29H24F7N5O3/c1-27(2)14-41(25-21(42)12-17(30)23(24(25)27)20-13-22(28(31,32)33)39-40(20)3)19-7-5-4-6-18(19)38-26(43)37-15-8-10-16(11-9-15)44-29(34,35)36/h4-13,42H,14H2,1-3H3,(H2,37,38,43). The van der Waals surface area contributed by atoms with Crippen molar-refractivity contribution in [3.63, 3.8) is 0 Å². The number of aromatic nitrogens is 2. The first-order chi connectivity index (χ1) is 20.4. The summed E-state index contributed by atoms with van der Waals surface area (Å²) in [5.74, 6) is -1.88. The van der Waals surface area contributed by atoms with Gasteiger partial charge in [-0.25, -0.2) is 9.18 Å². The van der Waals surface area contributed by atoms with Crippen molar-refractivity contribution in [1.29, 1.82) is 0 Å². The van der Waals surface area contributed by atoms with Gasteiger partial charge in [0.15, 0.2) is 5.69 Å². The maximum atomic E-state index is 15.5. The van der Waals surface area contributed by atoms with E-state index in [1.54, 1.807) is 43.0 Å². The number of urea groups is 1. The monoisotopic (exact) mass is 623 g/mol. The van der Waals surface area contributed by atoms with Crippen LogP contribution in [0, 0.1) is 5.82 Å². The molecule has 0 radical (unpaired) electrons. The fourth-order valence-electron chi connectivity index (χ4n) is 5.25. The van der Waals surface area contributed by atoms with Crippen LogP contribution in [0.4, 0.5) is 58.3 Å². The fourth-order valence-corrected chi connectivity index (χ4v) is 5.25. The second-order valence-electron chi connectivity index (χ2n) is 10.7. The first-order valence-electron chi connectivity index (χ1n) is 12.9. The number of hydrogen-bond donors (Lipinski definition) is 3. The van der Waals surface area contributed by atoms with Gasteiger partial charge in [-0.3, -0.25) is 4.68 Å². The van der Waals surface area contributed by atoms with Crippen molar-refractivity contribution in [3.8, 4) is 22.8 Å². The van der Waals surface area contributed by atoms with Crippen molar-refractivity contribution in [1.82, 2.24) is 9.78 Å². The topological polar surface area (TPSA) is 91.7 Å². The van der Waals surface area contributed by atoms with Crippen LogP contribution in [0.25, 0.3) is 11.3 Å². The molecule has 1 aliphatic rings. The Morgan fingerprint density at radius 3 is 2.27 bits per heavy atom. The van der Waals surface area contributed by atoms with Gasteiger partial charge in [0.2, 0.25) is 0 Å². The smallest absolute Gasteiger partial charge is 0.506 e. The van der Waals surface area contributed by atoms with Crippen LogP contribution in [0.3, 0.4) is 0 Å². The molecule has 1 aliphatic heterocycles. The molecule has 0 saturated carbocycles. The maximum absolute atomic E-state index is 15.5. The van der Waals surface area contributed by atoms with E-state index in [1.807, 2.05) is 0 Å². The van der Waals surface area contributed by atoms with Crippen LogP contribution in [0.15, 0.2) is 60.7 Å². The van der Waals surface area contributed by atoms with Gasteiger partial charge in [-0.15, -0.1) is 13.2 Å². The minimum absolute atomic E-state index is 0.135. The molecule has 2 heterocycles. The summed E-state index contributed by atoms with van der Waals surface area (Å²) in [5.41, 5.74) is -1.25. The van der Waals surface area contributed by atoms with E-state index < -0.39 is 47.0 Å². The number of benzene rings is 3. The Morgan fingerprint density at radius 2 is 1.66 bits per heavy atom. The lowest BCUT2D eigenvalue weighted by molar-refractivity contribution is -0.274. The average Bonchev–Trinajstić information content (AvgIpc) is 3.42. The zero-order chi connectivity index (χ0) is 32.2. The summed E-state index contributed by atoms with van der Waals surface area (Å²) in [6.45, 7) is 3.62. The number of fused-ring (bicyclic) bond motifs is 1. The van der Waals surface area contributed by atoms with Crippen molar-refractivity contribution in [2.75, 3.05) is 22.1 Å². The molecular formula is C29H24F7N5O3. The summed E-state index contributed by atoms with van der Waals surface area (Å²) in [6, 6.07) is 11.7. The van der Waals surface area contributed by atoms with Crippen molar-refractivity contribution < 1.29 is 45.4 Å². The highest BCUT2D eigenvalue weighted by Gasteiger charge is 2.43. The number of rotatable bonds is 5. The Balaban J connectivity index is 1.49. The van der Waals surface area contributed by atoms with Gasteiger partial charge in [-0.2, -0.15) is 18.3 Å². The highest BCUT2D eigenvalue weighted by Crippen LogP contribution is 2.54. The first-order valence-corrected chi connectivity index (χ1v) is 12.9. The molecule has 4 aromatic rings. The van der Waals surface area contributed by atoms with E-state index in [4.69, 9.17) is 0 Å². The molecule has 0 atom stereocenters. The summed E-state index contributed by atoms with van der Waals surface area (Å²) in [7, 11) is 1.26. The van der Waals surface area contributed by atoms with Crippen LogP contribution in [0.1, 0.15) is 25.1 Å². The molecule has 2 amide bonds. The number of halogens is 7. The summed E-state index contributed by atoms with van der Waals surface area (Å²) in [5, 5.41) is 19.6. The van der Waals surface area contributed by atoms with Crippen LogP contribution >= 0.6 is 0 Å².